The summed E-state index contributed by atoms with van der Waals surface area (Å²) >= 11 is 0. The third-order valence-corrected chi connectivity index (χ3v) is 4.00. The maximum Gasteiger partial charge on any atom is 0.290 e. The Bertz CT molecular complexity index is 492. The molecule has 0 amide bonds. The smallest absolute Gasteiger partial charge is 0.290 e. The van der Waals surface area contributed by atoms with E-state index in [1.807, 2.05) is 0 Å². The lowest BCUT2D eigenvalue weighted by molar-refractivity contribution is -0.385. The molecule has 0 aliphatic carbocycles. The van der Waals surface area contributed by atoms with Crippen molar-refractivity contribution >= 4 is 11.5 Å². The van der Waals surface area contributed by atoms with Crippen LogP contribution in [0.3, 0.4) is 0 Å². The fourth-order valence-electron chi connectivity index (χ4n) is 2.68. The Labute approximate surface area is 119 Å². The Morgan fingerprint density at radius 1 is 1.45 bits per heavy atom. The summed E-state index contributed by atoms with van der Waals surface area (Å²) in [7, 11) is 0. The van der Waals surface area contributed by atoms with E-state index in [1.165, 1.54) is 0 Å². The van der Waals surface area contributed by atoms with Gasteiger partial charge in [0.15, 0.2) is 0 Å². The van der Waals surface area contributed by atoms with Gasteiger partial charge in [-0.25, -0.2) is 4.98 Å². The van der Waals surface area contributed by atoms with Gasteiger partial charge in [0.05, 0.1) is 4.92 Å². The van der Waals surface area contributed by atoms with Crippen LogP contribution in [0.4, 0.5) is 11.5 Å². The summed E-state index contributed by atoms with van der Waals surface area (Å²) in [5.41, 5.74) is 0.568. The van der Waals surface area contributed by atoms with Crippen molar-refractivity contribution in [2.45, 2.75) is 45.7 Å². The molecule has 2 rings (SSSR count). The van der Waals surface area contributed by atoms with Crippen molar-refractivity contribution in [3.05, 3.63) is 27.9 Å². The van der Waals surface area contributed by atoms with Crippen LogP contribution in [-0.2, 0) is 0 Å². The lowest BCUT2D eigenvalue weighted by Crippen LogP contribution is -2.56. The van der Waals surface area contributed by atoms with Crippen molar-refractivity contribution in [1.82, 2.24) is 10.3 Å². The zero-order valence-corrected chi connectivity index (χ0v) is 12.3. The van der Waals surface area contributed by atoms with Crippen LogP contribution in [0.25, 0.3) is 0 Å². The molecule has 0 spiro atoms. The number of anilines is 1. The zero-order chi connectivity index (χ0) is 14.7. The van der Waals surface area contributed by atoms with E-state index in [-0.39, 0.29) is 10.6 Å². The molecule has 1 saturated heterocycles. The second kappa shape index (κ2) is 6.17. The molecule has 110 valence electrons. The largest absolute Gasteiger partial charge is 0.351 e. The van der Waals surface area contributed by atoms with Gasteiger partial charge in [-0.1, -0.05) is 13.8 Å². The molecular formula is C14H22N4O2. The molecule has 0 aromatic carbocycles. The Hall–Kier alpha value is -1.69. The number of aromatic nitrogens is 1. The molecule has 1 aliphatic rings. The van der Waals surface area contributed by atoms with E-state index in [4.69, 9.17) is 0 Å². The van der Waals surface area contributed by atoms with E-state index < -0.39 is 0 Å². The normalized spacial score (nSPS) is 22.9. The van der Waals surface area contributed by atoms with Crippen LogP contribution in [0, 0.1) is 17.0 Å². The van der Waals surface area contributed by atoms with Crippen molar-refractivity contribution in [2.24, 2.45) is 0 Å². The summed E-state index contributed by atoms with van der Waals surface area (Å²) in [6.45, 7) is 7.86. The highest BCUT2D eigenvalue weighted by molar-refractivity contribution is 5.48. The predicted octanol–water partition coefficient (Wildman–Crippen LogP) is 2.27. The molecule has 1 N–H and O–H groups in total. The van der Waals surface area contributed by atoms with Gasteiger partial charge in [-0.2, -0.15) is 0 Å². The summed E-state index contributed by atoms with van der Waals surface area (Å²) in [4.78, 5) is 17.2. The van der Waals surface area contributed by atoms with E-state index in [2.05, 4.69) is 29.0 Å². The number of nitrogens with zero attached hydrogens (tertiary/aromatic N) is 3. The minimum absolute atomic E-state index is 0.0870. The molecular weight excluding hydrogens is 256 g/mol. The van der Waals surface area contributed by atoms with Gasteiger partial charge in [-0.05, 0) is 25.8 Å². The van der Waals surface area contributed by atoms with E-state index in [9.17, 15) is 10.1 Å². The second-order valence-electron chi connectivity index (χ2n) is 5.26. The van der Waals surface area contributed by atoms with E-state index in [1.54, 1.807) is 19.1 Å². The molecule has 0 bridgehead atoms. The van der Waals surface area contributed by atoms with Crippen LogP contribution in [0.2, 0.25) is 0 Å². The quantitative estimate of drug-likeness (QED) is 0.675. The summed E-state index contributed by atoms with van der Waals surface area (Å²) < 4.78 is 0. The second-order valence-corrected chi connectivity index (χ2v) is 5.26. The minimum atomic E-state index is -0.379. The molecule has 1 aromatic rings. The third kappa shape index (κ3) is 2.90. The number of hydrogen-bond donors (Lipinski definition) is 1. The lowest BCUT2D eigenvalue weighted by atomic mass is 10.1. The number of piperazine rings is 1. The van der Waals surface area contributed by atoms with Crippen molar-refractivity contribution in [1.29, 1.82) is 0 Å². The monoisotopic (exact) mass is 278 g/mol. The average molecular weight is 278 g/mol. The summed E-state index contributed by atoms with van der Waals surface area (Å²) in [6.07, 6.45) is 2.10. The molecule has 6 nitrogen and oxygen atoms in total. The molecule has 1 aliphatic heterocycles. The van der Waals surface area contributed by atoms with E-state index in [0.29, 0.717) is 17.8 Å². The van der Waals surface area contributed by atoms with Gasteiger partial charge in [0.1, 0.15) is 11.5 Å². The number of pyridine rings is 1. The van der Waals surface area contributed by atoms with Crippen molar-refractivity contribution in [3.63, 3.8) is 0 Å². The fraction of sp³-hybridized carbons (Fsp3) is 0.643. The van der Waals surface area contributed by atoms with Crippen molar-refractivity contribution in [3.8, 4) is 0 Å². The lowest BCUT2D eigenvalue weighted by Gasteiger charge is -2.40. The van der Waals surface area contributed by atoms with Gasteiger partial charge < -0.3 is 10.2 Å². The van der Waals surface area contributed by atoms with E-state index in [0.717, 1.165) is 31.7 Å². The van der Waals surface area contributed by atoms with Gasteiger partial charge in [0, 0.05) is 31.2 Å². The van der Waals surface area contributed by atoms with Crippen molar-refractivity contribution in [2.75, 3.05) is 18.0 Å². The Balaban J connectivity index is 2.27. The van der Waals surface area contributed by atoms with Gasteiger partial charge >= 0.3 is 0 Å². The van der Waals surface area contributed by atoms with Crippen molar-refractivity contribution < 1.29 is 4.92 Å². The molecule has 0 saturated carbocycles. The van der Waals surface area contributed by atoms with Gasteiger partial charge in [0.2, 0.25) is 0 Å². The highest BCUT2D eigenvalue weighted by Gasteiger charge is 2.27. The van der Waals surface area contributed by atoms with Crippen LogP contribution in [0.1, 0.15) is 32.4 Å². The number of aryl methyl sites for hydroxylation is 1. The zero-order valence-electron chi connectivity index (χ0n) is 12.3. The summed E-state index contributed by atoms with van der Waals surface area (Å²) in [5, 5.41) is 14.4. The maximum atomic E-state index is 10.9. The van der Waals surface area contributed by atoms with E-state index >= 15 is 0 Å². The molecule has 1 aromatic heterocycles. The Morgan fingerprint density at radius 3 is 2.75 bits per heavy atom. The Morgan fingerprint density at radius 2 is 2.20 bits per heavy atom. The molecule has 2 atom stereocenters. The highest BCUT2D eigenvalue weighted by atomic mass is 16.6. The highest BCUT2D eigenvalue weighted by Crippen LogP contribution is 2.24. The molecule has 6 heteroatoms. The molecule has 2 unspecified atom stereocenters. The number of nitrogens with one attached hydrogen (secondary N) is 1. The first-order chi connectivity index (χ1) is 9.56. The average Bonchev–Trinajstić information content (AvgIpc) is 2.46. The van der Waals surface area contributed by atoms with Crippen LogP contribution >= 0.6 is 0 Å². The van der Waals surface area contributed by atoms with Crippen LogP contribution < -0.4 is 10.2 Å². The van der Waals surface area contributed by atoms with Crippen LogP contribution in [0.15, 0.2) is 12.1 Å². The molecule has 1 fully saturated rings. The molecule has 0 radical (unpaired) electrons. The Kier molecular flexibility index (Phi) is 4.54. The first kappa shape index (κ1) is 14.7. The first-order valence-electron chi connectivity index (χ1n) is 7.18. The van der Waals surface area contributed by atoms with Crippen LogP contribution in [0.5, 0.6) is 0 Å². The van der Waals surface area contributed by atoms with Crippen LogP contribution in [-0.4, -0.2) is 35.1 Å². The first-order valence-corrected chi connectivity index (χ1v) is 7.18. The number of rotatable bonds is 4. The summed E-state index contributed by atoms with van der Waals surface area (Å²) in [6, 6.07) is 4.18. The predicted molar refractivity (Wildman–Crippen MR) is 79.1 cm³/mol. The third-order valence-electron chi connectivity index (χ3n) is 4.00. The molecule has 20 heavy (non-hydrogen) atoms. The van der Waals surface area contributed by atoms with Gasteiger partial charge in [-0.3, -0.25) is 10.1 Å². The maximum absolute atomic E-state index is 10.9. The standard InChI is InChI=1S/C14H22N4O2/c1-4-11-9-17(12(5-2)8-15-11)14-7-6-13(18(19)20)10(3)16-14/h6-7,11-12,15H,4-5,8-9H2,1-3H3. The van der Waals surface area contributed by atoms with Gasteiger partial charge in [-0.15, -0.1) is 0 Å². The number of nitro groups is 1. The minimum Gasteiger partial charge on any atom is -0.351 e. The summed E-state index contributed by atoms with van der Waals surface area (Å²) in [5.74, 6) is 0.847. The van der Waals surface area contributed by atoms with Gasteiger partial charge in [0.25, 0.3) is 5.69 Å². The fourth-order valence-corrected chi connectivity index (χ4v) is 2.68. The SMILES string of the molecule is CCC1CN(c2ccc([N+](=O)[O-])c(C)n2)C(CC)CN1. The topological polar surface area (TPSA) is 71.3 Å². The molecule has 2 heterocycles. The number of hydrogen-bond acceptors (Lipinski definition) is 5.